The molecule has 0 aliphatic heterocycles. The molecule has 0 bridgehead atoms. The van der Waals surface area contributed by atoms with Crippen LogP contribution in [-0.2, 0) is 0 Å². The summed E-state index contributed by atoms with van der Waals surface area (Å²) in [6.45, 7) is 4.42. The van der Waals surface area contributed by atoms with E-state index in [0.29, 0.717) is 5.92 Å². The van der Waals surface area contributed by atoms with Crippen LogP contribution in [0.2, 0.25) is 0 Å². The molecule has 0 aromatic heterocycles. The van der Waals surface area contributed by atoms with E-state index in [4.69, 9.17) is 0 Å². The highest BCUT2D eigenvalue weighted by molar-refractivity contribution is 5.19. The van der Waals surface area contributed by atoms with Crippen LogP contribution in [0.5, 0.6) is 0 Å². The number of halogens is 1. The van der Waals surface area contributed by atoms with Crippen molar-refractivity contribution in [1.29, 1.82) is 0 Å². The normalized spacial score (nSPS) is 12.8. The topological polar surface area (TPSA) is 0 Å². The van der Waals surface area contributed by atoms with Gasteiger partial charge >= 0.3 is 0 Å². The van der Waals surface area contributed by atoms with Crippen LogP contribution in [0.4, 0.5) is 4.39 Å². The van der Waals surface area contributed by atoms with Gasteiger partial charge in [0.1, 0.15) is 5.82 Å². The molecule has 0 fully saturated rings. The van der Waals surface area contributed by atoms with Crippen molar-refractivity contribution >= 4 is 0 Å². The quantitative estimate of drug-likeness (QED) is 0.605. The molecule has 0 radical (unpaired) electrons. The Bertz CT molecular complexity index is 250. The van der Waals surface area contributed by atoms with E-state index in [-0.39, 0.29) is 5.82 Å². The molecule has 14 heavy (non-hydrogen) atoms. The number of rotatable bonds is 5. The number of benzene rings is 1. The zero-order valence-electron chi connectivity index (χ0n) is 9.09. The molecule has 0 aliphatic carbocycles. The summed E-state index contributed by atoms with van der Waals surface area (Å²) in [4.78, 5) is 0. The molecule has 0 N–H and O–H groups in total. The standard InChI is InChI=1S/C13H19F/c1-3-4-5-6-11(2)12-7-9-13(14)10-8-12/h7-11H,3-6H2,1-2H3/t11-/m1/s1. The Morgan fingerprint density at radius 3 is 2.36 bits per heavy atom. The molecule has 0 amide bonds. The maximum atomic E-state index is 12.7. The largest absolute Gasteiger partial charge is 0.207 e. The van der Waals surface area contributed by atoms with Crippen molar-refractivity contribution < 1.29 is 4.39 Å². The third kappa shape index (κ3) is 3.49. The Kier molecular flexibility index (Phi) is 4.64. The van der Waals surface area contributed by atoms with Crippen molar-refractivity contribution in [3.63, 3.8) is 0 Å². The van der Waals surface area contributed by atoms with Gasteiger partial charge in [-0.15, -0.1) is 0 Å². The Morgan fingerprint density at radius 1 is 1.14 bits per heavy atom. The summed E-state index contributed by atoms with van der Waals surface area (Å²) < 4.78 is 12.7. The minimum atomic E-state index is -0.144. The predicted octanol–water partition coefficient (Wildman–Crippen LogP) is 4.51. The first-order valence-corrected chi connectivity index (χ1v) is 5.49. The number of hydrogen-bond acceptors (Lipinski definition) is 0. The van der Waals surface area contributed by atoms with Crippen LogP contribution in [0.15, 0.2) is 24.3 Å². The summed E-state index contributed by atoms with van der Waals surface area (Å²) in [7, 11) is 0. The molecule has 1 atom stereocenters. The van der Waals surface area contributed by atoms with E-state index in [9.17, 15) is 4.39 Å². The summed E-state index contributed by atoms with van der Waals surface area (Å²) >= 11 is 0. The highest BCUT2D eigenvalue weighted by Crippen LogP contribution is 2.21. The summed E-state index contributed by atoms with van der Waals surface area (Å²) in [5.41, 5.74) is 1.25. The Hall–Kier alpha value is -0.850. The van der Waals surface area contributed by atoms with Gasteiger partial charge in [-0.2, -0.15) is 0 Å². The summed E-state index contributed by atoms with van der Waals surface area (Å²) in [6.07, 6.45) is 5.04. The molecule has 0 nitrogen and oxygen atoms in total. The fraction of sp³-hybridized carbons (Fsp3) is 0.538. The molecule has 0 unspecified atom stereocenters. The minimum absolute atomic E-state index is 0.144. The van der Waals surface area contributed by atoms with Gasteiger partial charge in [0.25, 0.3) is 0 Å². The van der Waals surface area contributed by atoms with Crippen molar-refractivity contribution in [2.45, 2.75) is 45.4 Å². The molecule has 0 heterocycles. The average molecular weight is 194 g/mol. The van der Waals surface area contributed by atoms with Crippen LogP contribution >= 0.6 is 0 Å². The van der Waals surface area contributed by atoms with Crippen LogP contribution in [0.3, 0.4) is 0 Å². The van der Waals surface area contributed by atoms with Crippen molar-refractivity contribution in [2.75, 3.05) is 0 Å². The van der Waals surface area contributed by atoms with Crippen molar-refractivity contribution in [3.05, 3.63) is 35.6 Å². The van der Waals surface area contributed by atoms with Crippen molar-refractivity contribution in [1.82, 2.24) is 0 Å². The van der Waals surface area contributed by atoms with Gasteiger partial charge in [0, 0.05) is 0 Å². The maximum absolute atomic E-state index is 12.7. The predicted molar refractivity (Wildman–Crippen MR) is 59.0 cm³/mol. The second-order valence-electron chi connectivity index (χ2n) is 3.95. The van der Waals surface area contributed by atoms with E-state index in [1.165, 1.54) is 31.2 Å². The summed E-state index contributed by atoms with van der Waals surface area (Å²) in [6, 6.07) is 6.88. The second kappa shape index (κ2) is 5.79. The molecule has 1 rings (SSSR count). The van der Waals surface area contributed by atoms with Gasteiger partial charge in [0.15, 0.2) is 0 Å². The smallest absolute Gasteiger partial charge is 0.123 e. The minimum Gasteiger partial charge on any atom is -0.207 e. The molecule has 1 heteroatoms. The van der Waals surface area contributed by atoms with Gasteiger partial charge in [-0.25, -0.2) is 4.39 Å². The lowest BCUT2D eigenvalue weighted by molar-refractivity contribution is 0.593. The van der Waals surface area contributed by atoms with E-state index in [2.05, 4.69) is 13.8 Å². The Morgan fingerprint density at radius 2 is 1.79 bits per heavy atom. The maximum Gasteiger partial charge on any atom is 0.123 e. The van der Waals surface area contributed by atoms with Gasteiger partial charge in [0.2, 0.25) is 0 Å². The molecular formula is C13H19F. The van der Waals surface area contributed by atoms with E-state index in [0.717, 1.165) is 0 Å². The Balaban J connectivity index is 2.43. The first-order valence-electron chi connectivity index (χ1n) is 5.49. The molecule has 0 aliphatic rings. The van der Waals surface area contributed by atoms with E-state index in [1.807, 2.05) is 12.1 Å². The van der Waals surface area contributed by atoms with Crippen molar-refractivity contribution in [2.24, 2.45) is 0 Å². The SMILES string of the molecule is CCCCC[C@@H](C)c1ccc(F)cc1. The summed E-state index contributed by atoms with van der Waals surface area (Å²) in [5.74, 6) is 0.414. The third-order valence-corrected chi connectivity index (χ3v) is 2.68. The molecule has 1 aromatic carbocycles. The zero-order valence-corrected chi connectivity index (χ0v) is 9.09. The number of unbranched alkanes of at least 4 members (excludes halogenated alkanes) is 2. The van der Waals surface area contributed by atoms with Crippen LogP contribution < -0.4 is 0 Å². The third-order valence-electron chi connectivity index (χ3n) is 2.68. The van der Waals surface area contributed by atoms with E-state index in [1.54, 1.807) is 12.1 Å². The van der Waals surface area contributed by atoms with Crippen molar-refractivity contribution in [3.8, 4) is 0 Å². The zero-order chi connectivity index (χ0) is 10.4. The lowest BCUT2D eigenvalue weighted by atomic mass is 9.95. The van der Waals surface area contributed by atoms with E-state index >= 15 is 0 Å². The first kappa shape index (κ1) is 11.2. The highest BCUT2D eigenvalue weighted by Gasteiger charge is 2.04. The molecule has 0 saturated heterocycles. The lowest BCUT2D eigenvalue weighted by Crippen LogP contribution is -1.93. The molecule has 0 spiro atoms. The molecular weight excluding hydrogens is 175 g/mol. The molecule has 1 aromatic rings. The average Bonchev–Trinajstić information content (AvgIpc) is 2.19. The highest BCUT2D eigenvalue weighted by atomic mass is 19.1. The van der Waals surface area contributed by atoms with Gasteiger partial charge in [-0.05, 0) is 30.0 Å². The lowest BCUT2D eigenvalue weighted by Gasteiger charge is -2.10. The van der Waals surface area contributed by atoms with Gasteiger partial charge < -0.3 is 0 Å². The van der Waals surface area contributed by atoms with Gasteiger partial charge in [-0.3, -0.25) is 0 Å². The van der Waals surface area contributed by atoms with Gasteiger partial charge in [0.05, 0.1) is 0 Å². The first-order chi connectivity index (χ1) is 6.74. The molecule has 78 valence electrons. The van der Waals surface area contributed by atoms with Crippen LogP contribution in [0, 0.1) is 5.82 Å². The second-order valence-corrected chi connectivity index (χ2v) is 3.95. The fourth-order valence-electron chi connectivity index (χ4n) is 1.66. The van der Waals surface area contributed by atoms with Crippen LogP contribution in [0.25, 0.3) is 0 Å². The number of hydrogen-bond donors (Lipinski definition) is 0. The Labute approximate surface area is 86.2 Å². The van der Waals surface area contributed by atoms with E-state index < -0.39 is 0 Å². The fourth-order valence-corrected chi connectivity index (χ4v) is 1.66. The summed E-state index contributed by atoms with van der Waals surface area (Å²) in [5, 5.41) is 0. The van der Waals surface area contributed by atoms with Gasteiger partial charge in [-0.1, -0.05) is 45.2 Å². The monoisotopic (exact) mass is 194 g/mol. The molecule has 0 saturated carbocycles. The van der Waals surface area contributed by atoms with Crippen LogP contribution in [0.1, 0.15) is 51.0 Å². The van der Waals surface area contributed by atoms with Crippen LogP contribution in [-0.4, -0.2) is 0 Å².